The fourth-order valence-corrected chi connectivity index (χ4v) is 2.03. The Morgan fingerprint density at radius 2 is 1.65 bits per heavy atom. The van der Waals surface area contributed by atoms with Gasteiger partial charge >= 0.3 is 5.97 Å². The molecular formula is C17H19NO2. The zero-order valence-corrected chi connectivity index (χ0v) is 12.1. The Hall–Kier alpha value is -2.29. The lowest BCUT2D eigenvalue weighted by atomic mass is 10.1. The van der Waals surface area contributed by atoms with Gasteiger partial charge in [-0.2, -0.15) is 0 Å². The van der Waals surface area contributed by atoms with Crippen molar-refractivity contribution in [3.8, 4) is 0 Å². The van der Waals surface area contributed by atoms with Gasteiger partial charge in [-0.3, -0.25) is 0 Å². The largest absolute Gasteiger partial charge is 0.465 e. The van der Waals surface area contributed by atoms with Crippen molar-refractivity contribution in [2.75, 3.05) is 19.1 Å². The summed E-state index contributed by atoms with van der Waals surface area (Å²) in [5, 5.41) is 0. The highest BCUT2D eigenvalue weighted by Crippen LogP contribution is 2.16. The van der Waals surface area contributed by atoms with Crippen LogP contribution >= 0.6 is 0 Å². The van der Waals surface area contributed by atoms with Crippen molar-refractivity contribution in [1.29, 1.82) is 0 Å². The van der Waals surface area contributed by atoms with Gasteiger partial charge in [-0.05, 0) is 36.8 Å². The van der Waals surface area contributed by atoms with Crippen LogP contribution in [0.3, 0.4) is 0 Å². The monoisotopic (exact) mass is 269 g/mol. The van der Waals surface area contributed by atoms with Gasteiger partial charge in [0.2, 0.25) is 0 Å². The van der Waals surface area contributed by atoms with Gasteiger partial charge in [-0.15, -0.1) is 0 Å². The molecule has 3 heteroatoms. The molecule has 0 aromatic heterocycles. The Morgan fingerprint density at radius 3 is 2.20 bits per heavy atom. The number of nitrogens with zero attached hydrogens (tertiary/aromatic N) is 1. The molecule has 0 aliphatic carbocycles. The summed E-state index contributed by atoms with van der Waals surface area (Å²) in [6.45, 7) is 2.87. The van der Waals surface area contributed by atoms with Crippen molar-refractivity contribution in [3.05, 3.63) is 65.2 Å². The molecule has 3 nitrogen and oxygen atoms in total. The van der Waals surface area contributed by atoms with Gasteiger partial charge in [-0.25, -0.2) is 4.79 Å². The molecular weight excluding hydrogens is 250 g/mol. The average Bonchev–Trinajstić information content (AvgIpc) is 2.48. The Labute approximate surface area is 119 Å². The molecule has 0 spiro atoms. The summed E-state index contributed by atoms with van der Waals surface area (Å²) >= 11 is 0. The minimum atomic E-state index is -0.302. The number of anilines is 1. The molecule has 20 heavy (non-hydrogen) atoms. The standard InChI is InChI=1S/C17H19NO2/c1-13-4-10-16(11-5-13)18(2)12-14-6-8-15(9-7-14)17(19)20-3/h4-11H,12H2,1-3H3. The van der Waals surface area contributed by atoms with Crippen molar-refractivity contribution < 1.29 is 9.53 Å². The van der Waals surface area contributed by atoms with Crippen LogP contribution in [0.1, 0.15) is 21.5 Å². The van der Waals surface area contributed by atoms with E-state index in [4.69, 9.17) is 0 Å². The number of rotatable bonds is 4. The van der Waals surface area contributed by atoms with E-state index in [1.54, 1.807) is 12.1 Å². The van der Waals surface area contributed by atoms with Gasteiger partial charge < -0.3 is 9.64 Å². The third kappa shape index (κ3) is 3.38. The van der Waals surface area contributed by atoms with Crippen molar-refractivity contribution in [2.24, 2.45) is 0 Å². The Kier molecular flexibility index (Phi) is 4.41. The lowest BCUT2D eigenvalue weighted by Crippen LogP contribution is -2.16. The van der Waals surface area contributed by atoms with E-state index in [1.165, 1.54) is 18.4 Å². The topological polar surface area (TPSA) is 29.5 Å². The lowest BCUT2D eigenvalue weighted by Gasteiger charge is -2.19. The summed E-state index contributed by atoms with van der Waals surface area (Å²) in [7, 11) is 3.44. The van der Waals surface area contributed by atoms with Gasteiger partial charge in [0.15, 0.2) is 0 Å². The second-order valence-corrected chi connectivity index (χ2v) is 4.88. The summed E-state index contributed by atoms with van der Waals surface area (Å²) in [4.78, 5) is 13.5. The average molecular weight is 269 g/mol. The van der Waals surface area contributed by atoms with E-state index in [0.29, 0.717) is 5.56 Å². The van der Waals surface area contributed by atoms with Crippen LogP contribution in [0.15, 0.2) is 48.5 Å². The van der Waals surface area contributed by atoms with E-state index in [-0.39, 0.29) is 5.97 Å². The summed E-state index contributed by atoms with van der Waals surface area (Å²) in [6, 6.07) is 15.9. The molecule has 104 valence electrons. The van der Waals surface area contributed by atoms with E-state index in [1.807, 2.05) is 12.1 Å². The number of ether oxygens (including phenoxy) is 1. The Morgan fingerprint density at radius 1 is 1.05 bits per heavy atom. The molecule has 0 amide bonds. The van der Waals surface area contributed by atoms with E-state index in [2.05, 4.69) is 47.9 Å². The lowest BCUT2D eigenvalue weighted by molar-refractivity contribution is 0.0600. The van der Waals surface area contributed by atoms with Crippen LogP contribution in [0.2, 0.25) is 0 Å². The quantitative estimate of drug-likeness (QED) is 0.797. The molecule has 0 heterocycles. The normalized spacial score (nSPS) is 10.2. The first-order valence-corrected chi connectivity index (χ1v) is 6.55. The number of carbonyl (C=O) groups excluding carboxylic acids is 1. The fourth-order valence-electron chi connectivity index (χ4n) is 2.03. The molecule has 0 aliphatic heterocycles. The number of benzene rings is 2. The highest BCUT2D eigenvalue weighted by molar-refractivity contribution is 5.89. The molecule has 0 unspecified atom stereocenters. The van der Waals surface area contributed by atoms with Crippen LogP contribution < -0.4 is 4.90 Å². The third-order valence-electron chi connectivity index (χ3n) is 3.27. The predicted molar refractivity (Wildman–Crippen MR) is 81.1 cm³/mol. The Bertz CT molecular complexity index is 573. The second kappa shape index (κ2) is 6.24. The van der Waals surface area contributed by atoms with Crippen LogP contribution in [-0.2, 0) is 11.3 Å². The zero-order chi connectivity index (χ0) is 14.5. The second-order valence-electron chi connectivity index (χ2n) is 4.88. The number of aryl methyl sites for hydroxylation is 1. The van der Waals surface area contributed by atoms with Gasteiger partial charge in [0.05, 0.1) is 12.7 Å². The van der Waals surface area contributed by atoms with E-state index in [0.717, 1.165) is 12.1 Å². The maximum Gasteiger partial charge on any atom is 0.337 e. The van der Waals surface area contributed by atoms with Crippen LogP contribution in [0.4, 0.5) is 5.69 Å². The Balaban J connectivity index is 2.06. The summed E-state index contributed by atoms with van der Waals surface area (Å²) < 4.78 is 4.69. The van der Waals surface area contributed by atoms with Gasteiger partial charge in [0, 0.05) is 19.3 Å². The molecule has 0 N–H and O–H groups in total. The number of hydrogen-bond donors (Lipinski definition) is 0. The highest BCUT2D eigenvalue weighted by atomic mass is 16.5. The minimum absolute atomic E-state index is 0.302. The fraction of sp³-hybridized carbons (Fsp3) is 0.235. The molecule has 2 aromatic carbocycles. The first-order chi connectivity index (χ1) is 9.60. The van der Waals surface area contributed by atoms with Gasteiger partial charge in [0.1, 0.15) is 0 Å². The summed E-state index contributed by atoms with van der Waals surface area (Å²) in [6.07, 6.45) is 0. The highest BCUT2D eigenvalue weighted by Gasteiger charge is 2.06. The molecule has 2 aromatic rings. The molecule has 0 saturated heterocycles. The van der Waals surface area contributed by atoms with Crippen LogP contribution in [-0.4, -0.2) is 20.1 Å². The van der Waals surface area contributed by atoms with E-state index >= 15 is 0 Å². The van der Waals surface area contributed by atoms with Gasteiger partial charge in [0.25, 0.3) is 0 Å². The molecule has 0 bridgehead atoms. The smallest absolute Gasteiger partial charge is 0.337 e. The summed E-state index contributed by atoms with van der Waals surface area (Å²) in [5.74, 6) is -0.302. The number of methoxy groups -OCH3 is 1. The van der Waals surface area contributed by atoms with Crippen molar-refractivity contribution in [3.63, 3.8) is 0 Å². The molecule has 2 rings (SSSR count). The molecule has 0 atom stereocenters. The SMILES string of the molecule is COC(=O)c1ccc(CN(C)c2ccc(C)cc2)cc1. The zero-order valence-electron chi connectivity index (χ0n) is 12.1. The van der Waals surface area contributed by atoms with Crippen molar-refractivity contribution in [2.45, 2.75) is 13.5 Å². The van der Waals surface area contributed by atoms with Crippen molar-refractivity contribution in [1.82, 2.24) is 0 Å². The third-order valence-corrected chi connectivity index (χ3v) is 3.27. The molecule has 0 radical (unpaired) electrons. The van der Waals surface area contributed by atoms with Crippen molar-refractivity contribution >= 4 is 11.7 Å². The number of carbonyl (C=O) groups is 1. The van der Waals surface area contributed by atoms with Gasteiger partial charge in [-0.1, -0.05) is 29.8 Å². The van der Waals surface area contributed by atoms with Crippen LogP contribution in [0, 0.1) is 6.92 Å². The molecule has 0 fully saturated rings. The molecule has 0 saturated carbocycles. The maximum atomic E-state index is 11.4. The maximum absolute atomic E-state index is 11.4. The predicted octanol–water partition coefficient (Wildman–Crippen LogP) is 3.42. The minimum Gasteiger partial charge on any atom is -0.465 e. The van der Waals surface area contributed by atoms with Crippen LogP contribution in [0.5, 0.6) is 0 Å². The number of hydrogen-bond acceptors (Lipinski definition) is 3. The summed E-state index contributed by atoms with van der Waals surface area (Å²) in [5.41, 5.74) is 4.16. The van der Waals surface area contributed by atoms with E-state index < -0.39 is 0 Å². The first kappa shape index (κ1) is 14.1. The molecule has 0 aliphatic rings. The van der Waals surface area contributed by atoms with Crippen LogP contribution in [0.25, 0.3) is 0 Å². The number of esters is 1. The first-order valence-electron chi connectivity index (χ1n) is 6.55. The van der Waals surface area contributed by atoms with E-state index in [9.17, 15) is 4.79 Å².